The molecule has 0 saturated carbocycles. The van der Waals surface area contributed by atoms with Crippen LogP contribution in [0.25, 0.3) is 21.7 Å². The van der Waals surface area contributed by atoms with Gasteiger partial charge in [-0.15, -0.1) is 0 Å². The zero-order valence-corrected chi connectivity index (χ0v) is 18.4. The molecule has 0 aliphatic carbocycles. The summed E-state index contributed by atoms with van der Waals surface area (Å²) in [6.45, 7) is 0.704. The van der Waals surface area contributed by atoms with Gasteiger partial charge >= 0.3 is 0 Å². The van der Waals surface area contributed by atoms with Crippen molar-refractivity contribution in [1.29, 1.82) is 0 Å². The molecule has 32 heavy (non-hydrogen) atoms. The van der Waals surface area contributed by atoms with Crippen molar-refractivity contribution in [2.75, 3.05) is 19.5 Å². The molecule has 164 valence electrons. The lowest BCUT2D eigenvalue weighted by atomic mass is 9.96. The van der Waals surface area contributed by atoms with Gasteiger partial charge in [0.1, 0.15) is 0 Å². The number of ether oxygens (including phenoxy) is 1. The fourth-order valence-corrected chi connectivity index (χ4v) is 4.90. The predicted octanol–water partition coefficient (Wildman–Crippen LogP) is 2.82. The number of aliphatic hydroxyl groups is 1. The Labute approximate surface area is 188 Å². The summed E-state index contributed by atoms with van der Waals surface area (Å²) in [5, 5.41) is 25.6. The van der Waals surface area contributed by atoms with Gasteiger partial charge in [0, 0.05) is 30.0 Å². The molecule has 1 fully saturated rings. The van der Waals surface area contributed by atoms with Gasteiger partial charge in [0.2, 0.25) is 0 Å². The number of nitrogens with zero attached hydrogens (tertiary/aromatic N) is 3. The van der Waals surface area contributed by atoms with E-state index in [0.29, 0.717) is 35.4 Å². The summed E-state index contributed by atoms with van der Waals surface area (Å²) in [5.41, 5.74) is 2.29. The molecule has 2 aromatic carbocycles. The Morgan fingerprint density at radius 1 is 1.25 bits per heavy atom. The van der Waals surface area contributed by atoms with E-state index in [2.05, 4.69) is 4.98 Å². The second kappa shape index (κ2) is 8.54. The topological polar surface area (TPSA) is 91.3 Å². The average molecular weight is 450 g/mol. The van der Waals surface area contributed by atoms with Gasteiger partial charge in [-0.2, -0.15) is 4.73 Å². The number of thioether (sulfide) groups is 1. The van der Waals surface area contributed by atoms with E-state index in [0.717, 1.165) is 26.6 Å². The zero-order chi connectivity index (χ0) is 22.2. The van der Waals surface area contributed by atoms with Crippen molar-refractivity contribution in [2.24, 2.45) is 0 Å². The third-order valence-electron chi connectivity index (χ3n) is 6.07. The van der Waals surface area contributed by atoms with Crippen LogP contribution in [0.1, 0.15) is 23.6 Å². The quantitative estimate of drug-likeness (QED) is 0.223. The van der Waals surface area contributed by atoms with E-state index < -0.39 is 6.10 Å². The van der Waals surface area contributed by atoms with Crippen LogP contribution in [0.3, 0.4) is 0 Å². The first kappa shape index (κ1) is 20.9. The molecule has 4 aromatic rings. The Balaban J connectivity index is 1.67. The Hall–Kier alpha value is -2.94. The average Bonchev–Trinajstić information content (AvgIpc) is 2.81. The van der Waals surface area contributed by atoms with E-state index in [9.17, 15) is 15.1 Å². The molecule has 8 heteroatoms. The number of pyridine rings is 1. The normalized spacial score (nSPS) is 18.9. The molecule has 2 aromatic heterocycles. The maximum absolute atomic E-state index is 13.5. The molecule has 1 aliphatic heterocycles. The predicted molar refractivity (Wildman–Crippen MR) is 124 cm³/mol. The van der Waals surface area contributed by atoms with Gasteiger partial charge in [0.05, 0.1) is 36.0 Å². The number of aliphatic hydroxyl groups excluding tert-OH is 1. The van der Waals surface area contributed by atoms with Crippen molar-refractivity contribution in [3.63, 3.8) is 0 Å². The van der Waals surface area contributed by atoms with Crippen molar-refractivity contribution in [3.05, 3.63) is 81.7 Å². The van der Waals surface area contributed by atoms with Gasteiger partial charge in [0.25, 0.3) is 10.6 Å². The molecule has 1 saturated heterocycles. The molecule has 0 bridgehead atoms. The summed E-state index contributed by atoms with van der Waals surface area (Å²) in [7, 11) is 0. The third kappa shape index (κ3) is 3.64. The molecule has 1 N–H and O–H groups in total. The molecule has 2 atom stereocenters. The Morgan fingerprint density at radius 3 is 2.81 bits per heavy atom. The van der Waals surface area contributed by atoms with Gasteiger partial charge in [0.15, 0.2) is 6.20 Å². The van der Waals surface area contributed by atoms with Crippen LogP contribution >= 0.6 is 11.8 Å². The van der Waals surface area contributed by atoms with Crippen molar-refractivity contribution >= 4 is 33.4 Å². The molecule has 7 nitrogen and oxygen atoms in total. The van der Waals surface area contributed by atoms with Gasteiger partial charge in [-0.1, -0.05) is 36.0 Å². The highest BCUT2D eigenvalue weighted by Crippen LogP contribution is 2.28. The maximum atomic E-state index is 13.5. The number of benzene rings is 2. The molecule has 1 aliphatic rings. The Bertz CT molecular complexity index is 1370. The Kier molecular flexibility index (Phi) is 5.58. The van der Waals surface area contributed by atoms with Crippen molar-refractivity contribution in [3.8, 4) is 0 Å². The third-order valence-corrected chi connectivity index (χ3v) is 6.80. The van der Waals surface area contributed by atoms with Crippen LogP contribution in [0.4, 0.5) is 0 Å². The van der Waals surface area contributed by atoms with Crippen molar-refractivity contribution in [2.45, 2.75) is 30.0 Å². The number of aromatic nitrogens is 3. The molecular weight excluding hydrogens is 426 g/mol. The Morgan fingerprint density at radius 2 is 2.06 bits per heavy atom. The van der Waals surface area contributed by atoms with Crippen LogP contribution in [-0.2, 0) is 11.2 Å². The number of hydrogen-bond acceptors (Lipinski definition) is 6. The van der Waals surface area contributed by atoms with Crippen molar-refractivity contribution in [1.82, 2.24) is 9.55 Å². The van der Waals surface area contributed by atoms with Crippen LogP contribution in [-0.4, -0.2) is 40.2 Å². The van der Waals surface area contributed by atoms with E-state index >= 15 is 0 Å². The first-order valence-electron chi connectivity index (χ1n) is 10.5. The summed E-state index contributed by atoms with van der Waals surface area (Å²) < 4.78 is 7.73. The monoisotopic (exact) mass is 449 g/mol. The molecular formula is C24H23N3O4S. The molecule has 0 radical (unpaired) electrons. The highest BCUT2D eigenvalue weighted by molar-refractivity contribution is 7.98. The molecule has 0 spiro atoms. The van der Waals surface area contributed by atoms with E-state index in [1.165, 1.54) is 22.7 Å². The van der Waals surface area contributed by atoms with E-state index in [1.807, 2.05) is 48.7 Å². The minimum atomic E-state index is -0.747. The van der Waals surface area contributed by atoms with E-state index in [-0.39, 0.29) is 18.2 Å². The smallest absolute Gasteiger partial charge is 0.261 e. The van der Waals surface area contributed by atoms with E-state index in [4.69, 9.17) is 4.74 Å². The van der Waals surface area contributed by atoms with Crippen LogP contribution in [0.5, 0.6) is 0 Å². The zero-order valence-electron chi connectivity index (χ0n) is 17.6. The minimum Gasteiger partial charge on any atom is -0.618 e. The van der Waals surface area contributed by atoms with Crippen LogP contribution in [0.2, 0.25) is 0 Å². The van der Waals surface area contributed by atoms with Crippen molar-refractivity contribution < 1.29 is 14.6 Å². The van der Waals surface area contributed by atoms with Gasteiger partial charge in [-0.3, -0.25) is 9.36 Å². The minimum absolute atomic E-state index is 0.176. The summed E-state index contributed by atoms with van der Waals surface area (Å²) >= 11 is 1.40. The SMILES string of the molecule is CSc1ccc(Cc2cc3c(=O)n([C@H]4CCOC[C@@H]4O)cnc3c3ccccc23)c[n+]1[O-]. The maximum Gasteiger partial charge on any atom is 0.261 e. The lowest BCUT2D eigenvalue weighted by Crippen LogP contribution is -2.39. The standard InChI is InChI=1S/C24H23N3O4S/c1-32-22-7-6-15(12-27(22)30)10-16-11-19-23(18-5-3-2-4-17(16)18)25-14-26(24(19)29)20-8-9-31-13-21(20)28/h2-7,11-12,14,20-21,28H,8-10,13H2,1H3/t20-,21-/m0/s1. The molecule has 0 unspecified atom stereocenters. The van der Waals surface area contributed by atoms with Gasteiger partial charge in [-0.05, 0) is 35.8 Å². The first-order chi connectivity index (χ1) is 15.6. The first-order valence-corrected chi connectivity index (χ1v) is 11.7. The molecule has 0 amide bonds. The highest BCUT2D eigenvalue weighted by Gasteiger charge is 2.27. The summed E-state index contributed by atoms with van der Waals surface area (Å²) in [6, 6.07) is 13.2. The fraction of sp³-hybridized carbons (Fsp3) is 0.292. The number of rotatable bonds is 4. The molecule has 3 heterocycles. The summed E-state index contributed by atoms with van der Waals surface area (Å²) in [6.07, 6.45) is 5.32. The highest BCUT2D eigenvalue weighted by atomic mass is 32.2. The van der Waals surface area contributed by atoms with Crippen LogP contribution < -0.4 is 10.3 Å². The van der Waals surface area contributed by atoms with E-state index in [1.54, 1.807) is 6.20 Å². The molecule has 5 rings (SSSR count). The largest absolute Gasteiger partial charge is 0.618 e. The second-order valence-electron chi connectivity index (χ2n) is 8.02. The second-order valence-corrected chi connectivity index (χ2v) is 8.84. The number of hydrogen-bond donors (Lipinski definition) is 1. The lowest BCUT2D eigenvalue weighted by molar-refractivity contribution is -0.645. The summed E-state index contributed by atoms with van der Waals surface area (Å²) in [4.78, 5) is 18.1. The number of fused-ring (bicyclic) bond motifs is 3. The van der Waals surface area contributed by atoms with Gasteiger partial charge in [-0.25, -0.2) is 4.98 Å². The van der Waals surface area contributed by atoms with Gasteiger partial charge < -0.3 is 15.1 Å². The summed E-state index contributed by atoms with van der Waals surface area (Å²) in [5.74, 6) is 0. The van der Waals surface area contributed by atoms with Crippen LogP contribution in [0, 0.1) is 5.21 Å². The lowest BCUT2D eigenvalue weighted by Gasteiger charge is -2.29. The van der Waals surface area contributed by atoms with Crippen LogP contribution in [0.15, 0.2) is 64.8 Å². The fourth-order valence-electron chi connectivity index (χ4n) is 4.46.